The molecule has 275 valence electrons. The summed E-state index contributed by atoms with van der Waals surface area (Å²) in [4.78, 5) is 0. The average Bonchev–Trinajstić information content (AvgIpc) is 3.70. The Hall–Kier alpha value is -1.96. The van der Waals surface area contributed by atoms with Gasteiger partial charge in [0.1, 0.15) is 0 Å². The van der Waals surface area contributed by atoms with Crippen molar-refractivity contribution in [2.75, 3.05) is 0 Å². The fourth-order valence-electron chi connectivity index (χ4n) is 9.82. The zero-order chi connectivity index (χ0) is 37.9. The molecule has 0 aromatic heterocycles. The molecule has 0 fully saturated rings. The summed E-state index contributed by atoms with van der Waals surface area (Å²) >= 11 is -4.93. The van der Waals surface area contributed by atoms with E-state index in [4.69, 9.17) is 17.0 Å². The van der Waals surface area contributed by atoms with E-state index >= 15 is 0 Å². The van der Waals surface area contributed by atoms with E-state index in [1.54, 1.807) is 0 Å². The van der Waals surface area contributed by atoms with Crippen molar-refractivity contribution in [3.8, 4) is 22.3 Å². The molecule has 2 atom stereocenters. The Morgan fingerprint density at radius 3 is 1.17 bits per heavy atom. The molecule has 0 saturated heterocycles. The van der Waals surface area contributed by atoms with Gasteiger partial charge in [-0.2, -0.15) is 0 Å². The van der Waals surface area contributed by atoms with Crippen molar-refractivity contribution in [3.05, 3.63) is 128 Å². The molecule has 0 bridgehead atoms. The third kappa shape index (κ3) is 6.29. The van der Waals surface area contributed by atoms with Crippen LogP contribution in [0.25, 0.3) is 34.4 Å². The molecule has 4 aromatic carbocycles. The first kappa shape index (κ1) is 39.7. The van der Waals surface area contributed by atoms with Crippen LogP contribution in [0.2, 0.25) is 13.1 Å². The van der Waals surface area contributed by atoms with Gasteiger partial charge in [0.2, 0.25) is 0 Å². The van der Waals surface area contributed by atoms with E-state index < -0.39 is 21.5 Å². The van der Waals surface area contributed by atoms with Gasteiger partial charge in [0.15, 0.2) is 0 Å². The fourth-order valence-corrected chi connectivity index (χ4v) is 41.6. The van der Waals surface area contributed by atoms with Crippen LogP contribution in [0, 0.1) is 0 Å². The number of hydrogen-bond donors (Lipinski definition) is 0. The molecular weight excluding hydrogens is 767 g/mol. The van der Waals surface area contributed by atoms with Crippen molar-refractivity contribution in [2.45, 2.75) is 126 Å². The molecule has 2 unspecified atom stereocenters. The molecular formula is C48H61Cl2SiZr. The normalized spacial score (nSPS) is 17.9. The summed E-state index contributed by atoms with van der Waals surface area (Å²) in [5.41, 5.74) is 19.6. The Kier molecular flexibility index (Phi) is 11.4. The average molecular weight is 828 g/mol. The summed E-state index contributed by atoms with van der Waals surface area (Å²) in [7, 11) is 17.7. The molecule has 52 heavy (non-hydrogen) atoms. The zero-order valence-electron chi connectivity index (χ0n) is 33.8. The Morgan fingerprint density at radius 2 is 0.865 bits per heavy atom. The van der Waals surface area contributed by atoms with Gasteiger partial charge in [-0.3, -0.25) is 0 Å². The molecule has 0 N–H and O–H groups in total. The van der Waals surface area contributed by atoms with Crippen LogP contribution < -0.4 is 0 Å². The van der Waals surface area contributed by atoms with Gasteiger partial charge in [-0.05, 0) is 0 Å². The van der Waals surface area contributed by atoms with Gasteiger partial charge in [-0.25, -0.2) is 0 Å². The van der Waals surface area contributed by atoms with Crippen LogP contribution in [-0.4, -0.2) is 5.92 Å². The van der Waals surface area contributed by atoms with Crippen LogP contribution in [-0.2, 0) is 15.6 Å². The van der Waals surface area contributed by atoms with E-state index in [0.717, 1.165) is 12.8 Å². The number of allylic oxidation sites excluding steroid dienone is 2. The third-order valence-electron chi connectivity index (χ3n) is 12.6. The van der Waals surface area contributed by atoms with Crippen molar-refractivity contribution >= 4 is 35.1 Å². The van der Waals surface area contributed by atoms with E-state index in [2.05, 4.69) is 167 Å². The second-order valence-electron chi connectivity index (χ2n) is 17.3. The predicted octanol–water partition coefficient (Wildman–Crippen LogP) is 15.9. The number of fused-ring (bicyclic) bond motifs is 2. The zero-order valence-corrected chi connectivity index (χ0v) is 38.9. The first-order chi connectivity index (χ1) is 24.6. The van der Waals surface area contributed by atoms with Gasteiger partial charge in [0, 0.05) is 0 Å². The van der Waals surface area contributed by atoms with Crippen LogP contribution in [0.15, 0.2) is 83.9 Å². The second-order valence-corrected chi connectivity index (χ2v) is 59.8. The molecule has 2 aliphatic carbocycles. The van der Waals surface area contributed by atoms with Crippen molar-refractivity contribution in [3.63, 3.8) is 0 Å². The van der Waals surface area contributed by atoms with Crippen LogP contribution in [0.4, 0.5) is 0 Å². The molecule has 0 nitrogen and oxygen atoms in total. The van der Waals surface area contributed by atoms with Gasteiger partial charge in [0.05, 0.1) is 0 Å². The van der Waals surface area contributed by atoms with Crippen LogP contribution in [0.3, 0.4) is 0 Å². The summed E-state index contributed by atoms with van der Waals surface area (Å²) in [6, 6.07) is 27.9. The molecule has 4 heteroatoms. The molecule has 0 amide bonds. The monoisotopic (exact) mass is 825 g/mol. The summed E-state index contributed by atoms with van der Waals surface area (Å²) in [5.74, 6) is -0.0492. The Morgan fingerprint density at radius 1 is 0.519 bits per heavy atom. The minimum atomic E-state index is -4.93. The van der Waals surface area contributed by atoms with E-state index in [1.165, 1.54) is 77.9 Å². The molecule has 0 radical (unpaired) electrons. The second kappa shape index (κ2) is 14.9. The molecule has 0 aliphatic heterocycles. The van der Waals surface area contributed by atoms with Crippen molar-refractivity contribution in [2.24, 2.45) is 0 Å². The van der Waals surface area contributed by atoms with E-state index in [9.17, 15) is 0 Å². The maximum absolute atomic E-state index is 8.86. The molecule has 0 heterocycles. The Bertz CT molecular complexity index is 1920. The number of halogens is 2. The van der Waals surface area contributed by atoms with Gasteiger partial charge in [-0.15, -0.1) is 0 Å². The fraction of sp³-hybridized carbons (Fsp3) is 0.417. The van der Waals surface area contributed by atoms with Crippen molar-refractivity contribution in [1.82, 2.24) is 0 Å². The van der Waals surface area contributed by atoms with Crippen molar-refractivity contribution < 1.29 is 15.6 Å². The quantitative estimate of drug-likeness (QED) is 0.132. The maximum atomic E-state index is 8.86. The molecule has 0 spiro atoms. The first-order valence-corrected chi connectivity index (χ1v) is 36.4. The predicted molar refractivity (Wildman–Crippen MR) is 233 cm³/mol. The number of rotatable bonds is 11. The molecule has 4 aromatic rings. The van der Waals surface area contributed by atoms with Crippen LogP contribution >= 0.6 is 17.0 Å². The molecule has 6 rings (SSSR count). The Balaban J connectivity index is 1.67. The minimum absolute atomic E-state index is 0.0877. The number of benzene rings is 4. The van der Waals surface area contributed by atoms with E-state index in [-0.39, 0.29) is 7.25 Å². The topological polar surface area (TPSA) is 0 Å². The van der Waals surface area contributed by atoms with E-state index in [0.29, 0.717) is 23.7 Å². The Labute approximate surface area is 324 Å². The molecule has 2 aliphatic rings. The first-order valence-electron chi connectivity index (χ1n) is 20.1. The molecule has 0 saturated carbocycles. The third-order valence-corrected chi connectivity index (χ3v) is 64.5. The van der Waals surface area contributed by atoms with Gasteiger partial charge >= 0.3 is 327 Å². The van der Waals surface area contributed by atoms with Gasteiger partial charge in [-0.1, -0.05) is 0 Å². The van der Waals surface area contributed by atoms with Crippen molar-refractivity contribution in [1.29, 1.82) is 0 Å². The van der Waals surface area contributed by atoms with Crippen LogP contribution in [0.5, 0.6) is 0 Å². The van der Waals surface area contributed by atoms with E-state index in [1.807, 2.05) is 0 Å². The van der Waals surface area contributed by atoms with Gasteiger partial charge < -0.3 is 0 Å². The summed E-state index contributed by atoms with van der Waals surface area (Å²) in [6.45, 7) is 28.3. The summed E-state index contributed by atoms with van der Waals surface area (Å²) in [5, 5.41) is 0. The van der Waals surface area contributed by atoms with Crippen LogP contribution in [0.1, 0.15) is 158 Å². The standard InChI is InChI=1S/2C23H27.C2H7Si.2ClH.Zr/c2*1-6-17-13-18-11-12-20(16(4)5)23(22(18)14-17)21-10-8-7-9-19(21)15(2)3;1-3-2;;;/h2*7-16H,6H2,1-5H3;3H,1-2H3;2*1H;/q;;;;;+2/p-2. The summed E-state index contributed by atoms with van der Waals surface area (Å²) in [6.07, 6.45) is 7.00. The van der Waals surface area contributed by atoms with Gasteiger partial charge in [0.25, 0.3) is 0 Å². The summed E-state index contributed by atoms with van der Waals surface area (Å²) < 4.78 is 0.175. The SMILES string of the molecule is CCC1=Cc2c(ccc(C(C)C)c2-c2ccccc2C(C)C)[CH]1[Zr]([Cl])([Cl])([CH]1C(CC)=Cc2c1ccc(C(C)C)c2-c1ccccc1C(C)C)[SiH](C)C. The number of hydrogen-bond acceptors (Lipinski definition) is 0.